The Labute approximate surface area is 151 Å². The fraction of sp³-hybridized carbons (Fsp3) is 0.737. The number of nitrogens with zero attached hydrogens (tertiary/aromatic N) is 1. The van der Waals surface area contributed by atoms with Crippen LogP contribution in [-0.4, -0.2) is 77.6 Å². The summed E-state index contributed by atoms with van der Waals surface area (Å²) in [6.07, 6.45) is 8.71. The molecule has 1 unspecified atom stereocenters. The lowest BCUT2D eigenvalue weighted by Crippen LogP contribution is -2.42. The monoisotopic (exact) mass is 352 g/mol. The quantitative estimate of drug-likeness (QED) is 0.641. The van der Waals surface area contributed by atoms with Gasteiger partial charge in [0.2, 0.25) is 5.91 Å². The van der Waals surface area contributed by atoms with E-state index in [0.29, 0.717) is 44.7 Å². The Bertz CT molecular complexity index is 458. The zero-order chi connectivity index (χ0) is 17.9. The summed E-state index contributed by atoms with van der Waals surface area (Å²) in [6.45, 7) is 4.99. The zero-order valence-electron chi connectivity index (χ0n) is 15.5. The normalized spacial score (nSPS) is 21.9. The van der Waals surface area contributed by atoms with Crippen molar-refractivity contribution in [3.8, 4) is 0 Å². The highest BCUT2D eigenvalue weighted by Crippen LogP contribution is 2.24. The first-order valence-corrected chi connectivity index (χ1v) is 9.19. The average Bonchev–Trinajstić information content (AvgIpc) is 2.66. The highest BCUT2D eigenvalue weighted by molar-refractivity contribution is 5.77. The molecular formula is C19H32N2O4. The van der Waals surface area contributed by atoms with Crippen LogP contribution in [0.2, 0.25) is 0 Å². The second-order valence-corrected chi connectivity index (χ2v) is 6.61. The van der Waals surface area contributed by atoms with Gasteiger partial charge in [0.15, 0.2) is 0 Å². The molecular weight excluding hydrogens is 320 g/mol. The summed E-state index contributed by atoms with van der Waals surface area (Å²) < 4.78 is 16.3. The van der Waals surface area contributed by atoms with Crippen LogP contribution in [0.15, 0.2) is 23.8 Å². The van der Waals surface area contributed by atoms with Gasteiger partial charge >= 0.3 is 0 Å². The van der Waals surface area contributed by atoms with E-state index >= 15 is 0 Å². The van der Waals surface area contributed by atoms with Gasteiger partial charge in [-0.05, 0) is 32.0 Å². The molecule has 1 fully saturated rings. The SMILES string of the molecule is CNCCC(COCC(=O)N1CCOCC1)C1=CC[C@H](COC)C=C1. The first-order valence-electron chi connectivity index (χ1n) is 9.19. The summed E-state index contributed by atoms with van der Waals surface area (Å²) >= 11 is 0. The molecule has 6 heteroatoms. The van der Waals surface area contributed by atoms with Crippen LogP contribution in [0.3, 0.4) is 0 Å². The Morgan fingerprint density at radius 2 is 2.24 bits per heavy atom. The standard InChI is InChI=1S/C19H32N2O4/c1-20-8-7-18(17-5-3-16(4-6-17)13-23-2)14-25-15-19(22)21-9-11-24-12-10-21/h3,5-6,16,18,20H,4,7-15H2,1-2H3/t16-,18?/m1/s1. The van der Waals surface area contributed by atoms with Crippen molar-refractivity contribution in [1.82, 2.24) is 10.2 Å². The highest BCUT2D eigenvalue weighted by Gasteiger charge is 2.20. The third kappa shape index (κ3) is 6.90. The highest BCUT2D eigenvalue weighted by atomic mass is 16.5. The van der Waals surface area contributed by atoms with E-state index in [-0.39, 0.29) is 12.5 Å². The smallest absolute Gasteiger partial charge is 0.248 e. The number of carbonyl (C=O) groups is 1. The lowest BCUT2D eigenvalue weighted by molar-refractivity contribution is -0.140. The Morgan fingerprint density at radius 3 is 2.88 bits per heavy atom. The van der Waals surface area contributed by atoms with Crippen molar-refractivity contribution in [3.63, 3.8) is 0 Å². The van der Waals surface area contributed by atoms with Gasteiger partial charge in [-0.2, -0.15) is 0 Å². The van der Waals surface area contributed by atoms with Crippen molar-refractivity contribution < 1.29 is 19.0 Å². The minimum Gasteiger partial charge on any atom is -0.384 e. The number of hydrogen-bond acceptors (Lipinski definition) is 5. The molecule has 0 bridgehead atoms. The lowest BCUT2D eigenvalue weighted by Gasteiger charge is -2.27. The van der Waals surface area contributed by atoms with E-state index in [1.807, 2.05) is 11.9 Å². The van der Waals surface area contributed by atoms with Crippen LogP contribution in [0.1, 0.15) is 12.8 Å². The van der Waals surface area contributed by atoms with Gasteiger partial charge in [-0.15, -0.1) is 0 Å². The largest absolute Gasteiger partial charge is 0.384 e. The minimum atomic E-state index is 0.0593. The maximum Gasteiger partial charge on any atom is 0.248 e. The molecule has 1 saturated heterocycles. The van der Waals surface area contributed by atoms with Gasteiger partial charge in [-0.25, -0.2) is 0 Å². The number of rotatable bonds is 10. The van der Waals surface area contributed by atoms with Gasteiger partial charge in [-0.1, -0.05) is 18.2 Å². The molecule has 0 aromatic rings. The van der Waals surface area contributed by atoms with Crippen molar-refractivity contribution in [1.29, 1.82) is 0 Å². The molecule has 1 amide bonds. The van der Waals surface area contributed by atoms with Crippen molar-refractivity contribution in [2.75, 3.05) is 66.8 Å². The molecule has 0 aromatic heterocycles. The van der Waals surface area contributed by atoms with E-state index in [9.17, 15) is 4.79 Å². The number of hydrogen-bond donors (Lipinski definition) is 1. The Morgan fingerprint density at radius 1 is 1.44 bits per heavy atom. The maximum atomic E-state index is 12.2. The summed E-state index contributed by atoms with van der Waals surface area (Å²) in [6, 6.07) is 0. The third-order valence-corrected chi connectivity index (χ3v) is 4.72. The minimum absolute atomic E-state index is 0.0593. The molecule has 6 nitrogen and oxygen atoms in total. The molecule has 0 saturated carbocycles. The fourth-order valence-electron chi connectivity index (χ4n) is 3.18. The summed E-state index contributed by atoms with van der Waals surface area (Å²) in [5, 5.41) is 3.20. The van der Waals surface area contributed by atoms with Crippen molar-refractivity contribution in [2.24, 2.45) is 11.8 Å². The molecule has 2 rings (SSSR count). The summed E-state index contributed by atoms with van der Waals surface area (Å²) in [5.74, 6) is 0.830. The summed E-state index contributed by atoms with van der Waals surface area (Å²) in [5.41, 5.74) is 1.31. The first-order chi connectivity index (χ1) is 12.2. The van der Waals surface area contributed by atoms with E-state index in [4.69, 9.17) is 14.2 Å². The molecule has 1 aliphatic heterocycles. The number of morpholine rings is 1. The Kier molecular flexibility index (Phi) is 9.18. The number of ether oxygens (including phenoxy) is 3. The number of amides is 1. The van der Waals surface area contributed by atoms with Gasteiger partial charge in [0.05, 0.1) is 26.4 Å². The van der Waals surface area contributed by atoms with Gasteiger partial charge in [0.25, 0.3) is 0 Å². The van der Waals surface area contributed by atoms with Crippen molar-refractivity contribution in [3.05, 3.63) is 23.8 Å². The van der Waals surface area contributed by atoms with E-state index < -0.39 is 0 Å². The fourth-order valence-corrected chi connectivity index (χ4v) is 3.18. The molecule has 2 aliphatic rings. The van der Waals surface area contributed by atoms with Gasteiger partial charge in [0.1, 0.15) is 6.61 Å². The second kappa shape index (κ2) is 11.4. The van der Waals surface area contributed by atoms with Crippen LogP contribution in [0.5, 0.6) is 0 Å². The van der Waals surface area contributed by atoms with E-state index in [2.05, 4.69) is 23.5 Å². The zero-order valence-corrected chi connectivity index (χ0v) is 15.5. The topological polar surface area (TPSA) is 60.0 Å². The Hall–Kier alpha value is -1.21. The lowest BCUT2D eigenvalue weighted by atomic mass is 9.88. The Balaban J connectivity index is 1.79. The maximum absolute atomic E-state index is 12.2. The van der Waals surface area contributed by atoms with Crippen LogP contribution in [0.4, 0.5) is 0 Å². The van der Waals surface area contributed by atoms with E-state index in [1.54, 1.807) is 7.11 Å². The van der Waals surface area contributed by atoms with Crippen LogP contribution in [0.25, 0.3) is 0 Å². The van der Waals surface area contributed by atoms with Crippen LogP contribution in [-0.2, 0) is 19.0 Å². The summed E-state index contributed by atoms with van der Waals surface area (Å²) in [4.78, 5) is 14.0. The third-order valence-electron chi connectivity index (χ3n) is 4.72. The first kappa shape index (κ1) is 20.1. The number of allylic oxidation sites excluding steroid dienone is 2. The van der Waals surface area contributed by atoms with E-state index in [1.165, 1.54) is 5.57 Å². The molecule has 2 atom stereocenters. The summed E-state index contributed by atoms with van der Waals surface area (Å²) in [7, 11) is 3.70. The predicted molar refractivity (Wildman–Crippen MR) is 97.5 cm³/mol. The van der Waals surface area contributed by atoms with Gasteiger partial charge in [-0.3, -0.25) is 4.79 Å². The second-order valence-electron chi connectivity index (χ2n) is 6.61. The van der Waals surface area contributed by atoms with Crippen LogP contribution in [0, 0.1) is 11.8 Å². The number of carbonyl (C=O) groups excluding carboxylic acids is 1. The molecule has 0 radical (unpaired) electrons. The molecule has 1 heterocycles. The average molecular weight is 352 g/mol. The molecule has 1 N–H and O–H groups in total. The van der Waals surface area contributed by atoms with Gasteiger partial charge in [0, 0.05) is 32.0 Å². The number of nitrogens with one attached hydrogen (secondary N) is 1. The molecule has 25 heavy (non-hydrogen) atoms. The molecule has 0 aromatic carbocycles. The van der Waals surface area contributed by atoms with Crippen LogP contribution >= 0.6 is 0 Å². The molecule has 1 aliphatic carbocycles. The van der Waals surface area contributed by atoms with Crippen molar-refractivity contribution >= 4 is 5.91 Å². The van der Waals surface area contributed by atoms with Crippen LogP contribution < -0.4 is 5.32 Å². The molecule has 142 valence electrons. The number of methoxy groups -OCH3 is 1. The predicted octanol–water partition coefficient (Wildman–Crippen LogP) is 1.24. The van der Waals surface area contributed by atoms with Crippen molar-refractivity contribution in [2.45, 2.75) is 12.8 Å². The molecule has 0 spiro atoms. The van der Waals surface area contributed by atoms with Gasteiger partial charge < -0.3 is 24.4 Å². The van der Waals surface area contributed by atoms with E-state index in [0.717, 1.165) is 26.0 Å².